The van der Waals surface area contributed by atoms with E-state index in [0.29, 0.717) is 21.5 Å². The Hall–Kier alpha value is -1.63. The Bertz CT molecular complexity index is 986. The second-order valence-electron chi connectivity index (χ2n) is 7.15. The number of aliphatic hydroxyl groups excluding tert-OH is 1. The molecule has 0 bridgehead atoms. The van der Waals surface area contributed by atoms with Gasteiger partial charge in [-0.2, -0.15) is 0 Å². The first-order valence-corrected chi connectivity index (χ1v) is 9.79. The van der Waals surface area contributed by atoms with Crippen LogP contribution >= 0.6 is 23.2 Å². The standard InChI is InChI=1S/C20H18Cl2N2O3/c21-12-6-11(7-13(22)9-12)19-24-15-5-4-10(8-17(15)26-19)18-20(27-18)23-14-2-1-3-16(14)25/h4-9,14,16,18,20,23,25H,1-3H2/t14-,16-,18?,20?/m1/s1. The average Bonchev–Trinajstić information content (AvgIpc) is 3.06. The van der Waals surface area contributed by atoms with Gasteiger partial charge in [0.15, 0.2) is 5.58 Å². The van der Waals surface area contributed by atoms with Gasteiger partial charge in [0.05, 0.1) is 6.10 Å². The topological polar surface area (TPSA) is 70.8 Å². The minimum absolute atomic E-state index is 0.0311. The highest BCUT2D eigenvalue weighted by atomic mass is 35.5. The highest BCUT2D eigenvalue weighted by molar-refractivity contribution is 6.35. The summed E-state index contributed by atoms with van der Waals surface area (Å²) < 4.78 is 11.7. The van der Waals surface area contributed by atoms with Crippen LogP contribution in [0.25, 0.3) is 22.6 Å². The molecule has 1 saturated carbocycles. The van der Waals surface area contributed by atoms with E-state index in [1.165, 1.54) is 0 Å². The summed E-state index contributed by atoms with van der Waals surface area (Å²) in [6.07, 6.45) is 2.52. The van der Waals surface area contributed by atoms with E-state index in [0.717, 1.165) is 35.9 Å². The molecular formula is C20H18Cl2N2O3. The van der Waals surface area contributed by atoms with Crippen molar-refractivity contribution in [2.75, 3.05) is 0 Å². The molecule has 0 spiro atoms. The lowest BCUT2D eigenvalue weighted by atomic mass is 10.1. The van der Waals surface area contributed by atoms with Crippen LogP contribution in [0.2, 0.25) is 10.0 Å². The lowest BCUT2D eigenvalue weighted by molar-refractivity contribution is 0.141. The predicted octanol–water partition coefficient (Wildman–Crippen LogP) is 4.70. The molecule has 2 aliphatic rings. The molecule has 1 aliphatic carbocycles. The van der Waals surface area contributed by atoms with Gasteiger partial charge in [0.1, 0.15) is 17.8 Å². The number of halogens is 2. The Kier molecular flexibility index (Phi) is 4.37. The van der Waals surface area contributed by atoms with Crippen LogP contribution in [0.15, 0.2) is 40.8 Å². The fourth-order valence-corrected chi connectivity index (χ4v) is 4.28. The van der Waals surface area contributed by atoms with Crippen LogP contribution in [0.1, 0.15) is 30.9 Å². The average molecular weight is 405 g/mol. The van der Waals surface area contributed by atoms with E-state index in [4.69, 9.17) is 32.4 Å². The van der Waals surface area contributed by atoms with Gasteiger partial charge in [0, 0.05) is 21.7 Å². The van der Waals surface area contributed by atoms with Gasteiger partial charge in [-0.05, 0) is 55.2 Å². The summed E-state index contributed by atoms with van der Waals surface area (Å²) in [6, 6.07) is 11.2. The Labute approximate surface area is 166 Å². The van der Waals surface area contributed by atoms with Gasteiger partial charge in [0.25, 0.3) is 0 Å². The molecule has 1 aliphatic heterocycles. The maximum atomic E-state index is 9.95. The minimum atomic E-state index is -0.279. The minimum Gasteiger partial charge on any atom is -0.436 e. The molecule has 2 heterocycles. The third-order valence-electron chi connectivity index (χ3n) is 5.20. The normalized spacial score (nSPS) is 27.4. The van der Waals surface area contributed by atoms with Gasteiger partial charge in [-0.1, -0.05) is 29.3 Å². The number of aliphatic hydroxyl groups is 1. The second kappa shape index (κ2) is 6.76. The van der Waals surface area contributed by atoms with Crippen LogP contribution < -0.4 is 5.32 Å². The molecule has 2 unspecified atom stereocenters. The van der Waals surface area contributed by atoms with Crippen molar-refractivity contribution in [2.24, 2.45) is 0 Å². The van der Waals surface area contributed by atoms with Crippen LogP contribution in [0.3, 0.4) is 0 Å². The molecular weight excluding hydrogens is 387 g/mol. The van der Waals surface area contributed by atoms with Gasteiger partial charge in [0.2, 0.25) is 5.89 Å². The number of nitrogens with zero attached hydrogens (tertiary/aromatic N) is 1. The number of epoxide rings is 1. The summed E-state index contributed by atoms with van der Waals surface area (Å²) in [6.45, 7) is 0. The number of hydrogen-bond donors (Lipinski definition) is 2. The third kappa shape index (κ3) is 3.46. The molecule has 0 amide bonds. The molecule has 140 valence electrons. The summed E-state index contributed by atoms with van der Waals surface area (Å²) in [5.41, 5.74) is 3.22. The second-order valence-corrected chi connectivity index (χ2v) is 8.03. The van der Waals surface area contributed by atoms with Crippen LogP contribution in [-0.4, -0.2) is 28.5 Å². The monoisotopic (exact) mass is 404 g/mol. The van der Waals surface area contributed by atoms with Gasteiger partial charge in [-0.25, -0.2) is 4.98 Å². The smallest absolute Gasteiger partial charge is 0.227 e. The van der Waals surface area contributed by atoms with Gasteiger partial charge in [-0.3, -0.25) is 5.32 Å². The van der Waals surface area contributed by atoms with Crippen molar-refractivity contribution in [3.05, 3.63) is 52.0 Å². The first kappa shape index (κ1) is 17.5. The molecule has 5 rings (SSSR count). The van der Waals surface area contributed by atoms with Crippen LogP contribution in [0.4, 0.5) is 0 Å². The van der Waals surface area contributed by atoms with Crippen molar-refractivity contribution in [3.8, 4) is 11.5 Å². The molecule has 5 nitrogen and oxygen atoms in total. The first-order chi connectivity index (χ1) is 13.1. The van der Waals surface area contributed by atoms with Crippen LogP contribution in [-0.2, 0) is 4.74 Å². The zero-order valence-corrected chi connectivity index (χ0v) is 15.9. The quantitative estimate of drug-likeness (QED) is 0.616. The molecule has 3 aromatic rings. The molecule has 2 aromatic carbocycles. The van der Waals surface area contributed by atoms with Crippen molar-refractivity contribution >= 4 is 34.3 Å². The van der Waals surface area contributed by atoms with Crippen LogP contribution in [0.5, 0.6) is 0 Å². The molecule has 2 fully saturated rings. The Morgan fingerprint density at radius 2 is 1.89 bits per heavy atom. The first-order valence-electron chi connectivity index (χ1n) is 9.03. The predicted molar refractivity (Wildman–Crippen MR) is 104 cm³/mol. The number of ether oxygens (including phenoxy) is 1. The number of fused-ring (bicyclic) bond motifs is 1. The number of hydrogen-bond acceptors (Lipinski definition) is 5. The lowest BCUT2D eigenvalue weighted by Gasteiger charge is -2.14. The molecule has 7 heteroatoms. The number of aromatic nitrogens is 1. The van der Waals surface area contributed by atoms with Crippen molar-refractivity contribution in [3.63, 3.8) is 0 Å². The molecule has 0 radical (unpaired) electrons. The SMILES string of the molecule is O[C@@H]1CCC[C@H]1NC1OC1c1ccc2nc(-c3cc(Cl)cc(Cl)c3)oc2c1. The highest BCUT2D eigenvalue weighted by Crippen LogP contribution is 2.40. The summed E-state index contributed by atoms with van der Waals surface area (Å²) in [5, 5.41) is 14.4. The number of oxazole rings is 1. The third-order valence-corrected chi connectivity index (χ3v) is 5.64. The van der Waals surface area contributed by atoms with E-state index in [2.05, 4.69) is 10.3 Å². The van der Waals surface area contributed by atoms with Crippen molar-refractivity contribution in [1.29, 1.82) is 0 Å². The molecule has 1 saturated heterocycles. The van der Waals surface area contributed by atoms with E-state index in [9.17, 15) is 5.11 Å². The maximum absolute atomic E-state index is 9.95. The highest BCUT2D eigenvalue weighted by Gasteiger charge is 2.43. The van der Waals surface area contributed by atoms with Gasteiger partial charge in [-0.15, -0.1) is 0 Å². The van der Waals surface area contributed by atoms with E-state index < -0.39 is 0 Å². The van der Waals surface area contributed by atoms with E-state index >= 15 is 0 Å². The largest absolute Gasteiger partial charge is 0.436 e. The fraction of sp³-hybridized carbons (Fsp3) is 0.350. The van der Waals surface area contributed by atoms with Crippen molar-refractivity contribution < 1.29 is 14.3 Å². The van der Waals surface area contributed by atoms with Gasteiger partial charge < -0.3 is 14.3 Å². The molecule has 27 heavy (non-hydrogen) atoms. The lowest BCUT2D eigenvalue weighted by Crippen LogP contribution is -2.37. The Balaban J connectivity index is 1.37. The van der Waals surface area contributed by atoms with Crippen LogP contribution in [0, 0.1) is 0 Å². The molecule has 2 N–H and O–H groups in total. The molecule has 1 aromatic heterocycles. The number of rotatable bonds is 4. The molecule has 4 atom stereocenters. The maximum Gasteiger partial charge on any atom is 0.227 e. The summed E-state index contributed by atoms with van der Waals surface area (Å²) >= 11 is 12.1. The zero-order chi connectivity index (χ0) is 18.5. The summed E-state index contributed by atoms with van der Waals surface area (Å²) in [5.74, 6) is 0.479. The summed E-state index contributed by atoms with van der Waals surface area (Å²) in [4.78, 5) is 4.52. The van der Waals surface area contributed by atoms with E-state index in [-0.39, 0.29) is 24.5 Å². The number of benzene rings is 2. The van der Waals surface area contributed by atoms with Crippen molar-refractivity contribution in [1.82, 2.24) is 10.3 Å². The van der Waals surface area contributed by atoms with E-state index in [1.807, 2.05) is 18.2 Å². The number of nitrogens with one attached hydrogen (secondary N) is 1. The Morgan fingerprint density at radius 1 is 1.07 bits per heavy atom. The summed E-state index contributed by atoms with van der Waals surface area (Å²) in [7, 11) is 0. The zero-order valence-electron chi connectivity index (χ0n) is 14.4. The van der Waals surface area contributed by atoms with Crippen molar-refractivity contribution in [2.45, 2.75) is 43.7 Å². The van der Waals surface area contributed by atoms with E-state index in [1.54, 1.807) is 18.2 Å². The fourth-order valence-electron chi connectivity index (χ4n) is 3.76. The Morgan fingerprint density at radius 3 is 2.63 bits per heavy atom. The van der Waals surface area contributed by atoms with Gasteiger partial charge >= 0.3 is 0 Å².